The number of nitrogens with zero attached hydrogens (tertiary/aromatic N) is 4. The Balaban J connectivity index is 1.61. The fourth-order valence-corrected chi connectivity index (χ4v) is 2.96. The molecular weight excluding hydrogens is 328 g/mol. The van der Waals surface area contributed by atoms with Gasteiger partial charge in [-0.15, -0.1) is 0 Å². The highest BCUT2D eigenvalue weighted by Gasteiger charge is 2.31. The second-order valence-electron chi connectivity index (χ2n) is 6.05. The molecule has 0 saturated heterocycles. The van der Waals surface area contributed by atoms with Crippen molar-refractivity contribution in [1.29, 1.82) is 0 Å². The highest BCUT2D eigenvalue weighted by Crippen LogP contribution is 2.22. The van der Waals surface area contributed by atoms with E-state index in [0.29, 0.717) is 18.2 Å². The molecule has 0 N–H and O–H groups in total. The Morgan fingerprint density at radius 2 is 2.08 bits per heavy atom. The van der Waals surface area contributed by atoms with Gasteiger partial charge in [0.2, 0.25) is 5.91 Å². The summed E-state index contributed by atoms with van der Waals surface area (Å²) in [7, 11) is 3.54. The lowest BCUT2D eigenvalue weighted by molar-refractivity contribution is -0.134. The van der Waals surface area contributed by atoms with E-state index in [1.807, 2.05) is 35.0 Å². The Labute approximate surface area is 146 Å². The third-order valence-corrected chi connectivity index (χ3v) is 4.33. The van der Waals surface area contributed by atoms with Crippen molar-refractivity contribution in [1.82, 2.24) is 19.6 Å². The summed E-state index contributed by atoms with van der Waals surface area (Å²) in [4.78, 5) is 16.3. The highest BCUT2D eigenvalue weighted by molar-refractivity contribution is 6.30. The maximum atomic E-state index is 12.4. The molecule has 1 amide bonds. The van der Waals surface area contributed by atoms with Gasteiger partial charge in [-0.2, -0.15) is 5.10 Å². The van der Waals surface area contributed by atoms with E-state index in [4.69, 9.17) is 16.3 Å². The zero-order valence-corrected chi connectivity index (χ0v) is 14.6. The molecule has 0 unspecified atom stereocenters. The molecule has 0 aliphatic carbocycles. The molecule has 7 heteroatoms. The molecule has 1 aromatic carbocycles. The predicted octanol–water partition coefficient (Wildman–Crippen LogP) is 2.06. The molecule has 0 spiro atoms. The zero-order chi connectivity index (χ0) is 17.1. The van der Waals surface area contributed by atoms with Crippen LogP contribution < -0.4 is 4.74 Å². The minimum atomic E-state index is -0.283. The van der Waals surface area contributed by atoms with Crippen LogP contribution in [0.4, 0.5) is 0 Å². The number of ether oxygens (including phenoxy) is 1. The van der Waals surface area contributed by atoms with Gasteiger partial charge < -0.3 is 9.64 Å². The van der Waals surface area contributed by atoms with Crippen LogP contribution in [0, 0.1) is 0 Å². The monoisotopic (exact) mass is 348 g/mol. The van der Waals surface area contributed by atoms with Crippen molar-refractivity contribution in [2.75, 3.05) is 33.8 Å². The molecule has 0 saturated carbocycles. The first-order chi connectivity index (χ1) is 11.5. The summed E-state index contributed by atoms with van der Waals surface area (Å²) in [6, 6.07) is 9.00. The van der Waals surface area contributed by atoms with E-state index >= 15 is 0 Å². The number of carbonyl (C=O) groups is 1. The highest BCUT2D eigenvalue weighted by atomic mass is 35.5. The lowest BCUT2D eigenvalue weighted by atomic mass is 10.1. The molecule has 1 atom stereocenters. The topological polar surface area (TPSA) is 50.6 Å². The normalized spacial score (nSPS) is 17.4. The first-order valence-corrected chi connectivity index (χ1v) is 8.26. The van der Waals surface area contributed by atoms with Crippen LogP contribution in [0.1, 0.15) is 11.7 Å². The maximum absolute atomic E-state index is 12.4. The third-order valence-electron chi connectivity index (χ3n) is 4.08. The van der Waals surface area contributed by atoms with Gasteiger partial charge in [-0.1, -0.05) is 11.6 Å². The first-order valence-electron chi connectivity index (χ1n) is 7.89. The van der Waals surface area contributed by atoms with E-state index < -0.39 is 0 Å². The number of amides is 1. The van der Waals surface area contributed by atoms with Crippen molar-refractivity contribution in [2.24, 2.45) is 0 Å². The van der Waals surface area contributed by atoms with E-state index in [-0.39, 0.29) is 11.9 Å². The summed E-state index contributed by atoms with van der Waals surface area (Å²) >= 11 is 5.87. The molecule has 3 rings (SSSR count). The van der Waals surface area contributed by atoms with Crippen molar-refractivity contribution < 1.29 is 9.53 Å². The summed E-state index contributed by atoms with van der Waals surface area (Å²) < 4.78 is 7.59. The Morgan fingerprint density at radius 1 is 1.33 bits per heavy atom. The Kier molecular flexibility index (Phi) is 5.06. The molecule has 1 aliphatic rings. The SMILES string of the molecule is CN(C)C(=O)[C@@H]1CN(CCOc2ccc(Cl)cc2)Cc2ccnn21. The number of aromatic nitrogens is 2. The van der Waals surface area contributed by atoms with Gasteiger partial charge in [0.05, 0.1) is 5.69 Å². The van der Waals surface area contributed by atoms with Gasteiger partial charge in [-0.05, 0) is 30.3 Å². The van der Waals surface area contributed by atoms with Crippen LogP contribution in [-0.2, 0) is 11.3 Å². The van der Waals surface area contributed by atoms with Crippen molar-refractivity contribution in [3.8, 4) is 5.75 Å². The lowest BCUT2D eigenvalue weighted by Crippen LogP contribution is -2.45. The summed E-state index contributed by atoms with van der Waals surface area (Å²) in [5.41, 5.74) is 1.05. The van der Waals surface area contributed by atoms with Crippen molar-refractivity contribution in [3.05, 3.63) is 47.2 Å². The van der Waals surface area contributed by atoms with Crippen LogP contribution in [0.3, 0.4) is 0 Å². The van der Waals surface area contributed by atoms with E-state index in [1.165, 1.54) is 0 Å². The fraction of sp³-hybridized carbons (Fsp3) is 0.412. The Hall–Kier alpha value is -2.05. The van der Waals surface area contributed by atoms with Crippen LogP contribution >= 0.6 is 11.6 Å². The molecule has 128 valence electrons. The Bertz CT molecular complexity index is 699. The molecule has 24 heavy (non-hydrogen) atoms. The standard InChI is InChI=1S/C17H21ClN4O2/c1-20(2)17(23)16-12-21(11-14-7-8-19-22(14)16)9-10-24-15-5-3-13(18)4-6-15/h3-8,16H,9-12H2,1-2H3/t16-/m0/s1. The molecule has 1 aromatic heterocycles. The van der Waals surface area contributed by atoms with Gasteiger partial charge in [-0.25, -0.2) is 0 Å². The number of fused-ring (bicyclic) bond motifs is 1. The van der Waals surface area contributed by atoms with Crippen molar-refractivity contribution >= 4 is 17.5 Å². The molecular formula is C17H21ClN4O2. The number of carbonyl (C=O) groups excluding carboxylic acids is 1. The van der Waals surface area contributed by atoms with E-state index in [0.717, 1.165) is 24.5 Å². The smallest absolute Gasteiger partial charge is 0.248 e. The zero-order valence-electron chi connectivity index (χ0n) is 13.9. The van der Waals surface area contributed by atoms with E-state index in [2.05, 4.69) is 10.00 Å². The van der Waals surface area contributed by atoms with Gasteiger partial charge in [0, 0.05) is 44.9 Å². The van der Waals surface area contributed by atoms with Crippen LogP contribution in [0.25, 0.3) is 0 Å². The number of benzene rings is 1. The number of hydrogen-bond acceptors (Lipinski definition) is 4. The first kappa shape index (κ1) is 16.8. The maximum Gasteiger partial charge on any atom is 0.248 e. The number of halogens is 1. The lowest BCUT2D eigenvalue weighted by Gasteiger charge is -2.34. The fourth-order valence-electron chi connectivity index (χ4n) is 2.84. The van der Waals surface area contributed by atoms with Gasteiger partial charge in [-0.3, -0.25) is 14.4 Å². The molecule has 2 heterocycles. The molecule has 2 aromatic rings. The minimum absolute atomic E-state index is 0.0586. The summed E-state index contributed by atoms with van der Waals surface area (Å²) in [6.07, 6.45) is 1.75. The van der Waals surface area contributed by atoms with Gasteiger partial charge in [0.25, 0.3) is 0 Å². The largest absolute Gasteiger partial charge is 0.492 e. The van der Waals surface area contributed by atoms with Crippen molar-refractivity contribution in [2.45, 2.75) is 12.6 Å². The summed E-state index contributed by atoms with van der Waals surface area (Å²) in [6.45, 7) is 2.69. The Morgan fingerprint density at radius 3 is 2.79 bits per heavy atom. The van der Waals surface area contributed by atoms with Gasteiger partial charge in [0.1, 0.15) is 18.4 Å². The average molecular weight is 349 g/mol. The average Bonchev–Trinajstić information content (AvgIpc) is 3.03. The number of likely N-dealkylation sites (N-methyl/N-ethyl adjacent to an activating group) is 1. The van der Waals surface area contributed by atoms with E-state index in [1.54, 1.807) is 25.2 Å². The number of rotatable bonds is 5. The third kappa shape index (κ3) is 3.71. The quantitative estimate of drug-likeness (QED) is 0.830. The van der Waals surface area contributed by atoms with Crippen LogP contribution in [0.2, 0.25) is 5.02 Å². The second kappa shape index (κ2) is 7.23. The molecule has 0 radical (unpaired) electrons. The van der Waals surface area contributed by atoms with Crippen LogP contribution in [0.5, 0.6) is 5.75 Å². The summed E-state index contributed by atoms with van der Waals surface area (Å²) in [5, 5.41) is 5.00. The van der Waals surface area contributed by atoms with Crippen LogP contribution in [0.15, 0.2) is 36.5 Å². The van der Waals surface area contributed by atoms with Gasteiger partial charge in [0.15, 0.2) is 0 Å². The van der Waals surface area contributed by atoms with E-state index in [9.17, 15) is 4.79 Å². The second-order valence-corrected chi connectivity index (χ2v) is 6.49. The van der Waals surface area contributed by atoms with Gasteiger partial charge >= 0.3 is 0 Å². The molecule has 0 bridgehead atoms. The minimum Gasteiger partial charge on any atom is -0.492 e. The van der Waals surface area contributed by atoms with Crippen molar-refractivity contribution in [3.63, 3.8) is 0 Å². The molecule has 1 aliphatic heterocycles. The number of hydrogen-bond donors (Lipinski definition) is 0. The predicted molar refractivity (Wildman–Crippen MR) is 92.2 cm³/mol. The van der Waals surface area contributed by atoms with Crippen LogP contribution in [-0.4, -0.2) is 59.3 Å². The molecule has 0 fully saturated rings. The molecule has 6 nitrogen and oxygen atoms in total. The summed E-state index contributed by atoms with van der Waals surface area (Å²) in [5.74, 6) is 0.852.